The normalized spacial score (nSPS) is 53.2. The van der Waals surface area contributed by atoms with Crippen LogP contribution in [0.2, 0.25) is 0 Å². The Morgan fingerprint density at radius 1 is 0.722 bits per heavy atom. The smallest absolute Gasteiger partial charge is 0.0543 e. The Balaban J connectivity index is 1.55. The number of aliphatic hydroxyl groups excluding tert-OH is 1. The summed E-state index contributed by atoms with van der Waals surface area (Å²) in [7, 11) is 0. The molecule has 0 bridgehead atoms. The second-order valence-corrected chi connectivity index (χ2v) is 8.18. The van der Waals surface area contributed by atoms with Crippen molar-refractivity contribution >= 4 is 25.3 Å². The van der Waals surface area contributed by atoms with E-state index in [1.165, 1.54) is 38.5 Å². The molecule has 3 aliphatic carbocycles. The molecule has 104 valence electrons. The third-order valence-electron chi connectivity index (χ3n) is 5.61. The van der Waals surface area contributed by atoms with Gasteiger partial charge < -0.3 is 5.11 Å². The first-order chi connectivity index (χ1) is 8.65. The van der Waals surface area contributed by atoms with Crippen molar-refractivity contribution in [2.75, 3.05) is 0 Å². The number of hydrogen-bond donors (Lipinski definition) is 3. The summed E-state index contributed by atoms with van der Waals surface area (Å²) in [5, 5.41) is 11.1. The fourth-order valence-corrected chi connectivity index (χ4v) is 5.59. The average molecular weight is 287 g/mol. The molecule has 1 N–H and O–H groups in total. The number of thiol groups is 2. The van der Waals surface area contributed by atoms with Crippen molar-refractivity contribution in [3.63, 3.8) is 0 Å². The van der Waals surface area contributed by atoms with E-state index < -0.39 is 0 Å². The van der Waals surface area contributed by atoms with Gasteiger partial charge in [0.2, 0.25) is 0 Å². The molecule has 0 aromatic carbocycles. The molecule has 0 aromatic rings. The van der Waals surface area contributed by atoms with Crippen LogP contribution in [0.25, 0.3) is 0 Å². The van der Waals surface area contributed by atoms with Crippen LogP contribution in [-0.2, 0) is 0 Å². The van der Waals surface area contributed by atoms with Crippen molar-refractivity contribution < 1.29 is 5.11 Å². The van der Waals surface area contributed by atoms with Crippen molar-refractivity contribution in [1.29, 1.82) is 0 Å². The highest BCUT2D eigenvalue weighted by Gasteiger charge is 2.44. The van der Waals surface area contributed by atoms with E-state index in [-0.39, 0.29) is 6.10 Å². The van der Waals surface area contributed by atoms with Crippen LogP contribution in [0.3, 0.4) is 0 Å². The van der Waals surface area contributed by atoms with E-state index in [9.17, 15) is 5.11 Å². The van der Waals surface area contributed by atoms with E-state index in [1.807, 2.05) is 0 Å². The van der Waals surface area contributed by atoms with E-state index in [1.54, 1.807) is 0 Å². The fraction of sp³-hybridized carbons (Fsp3) is 1.00. The van der Waals surface area contributed by atoms with Gasteiger partial charge in [-0.25, -0.2) is 0 Å². The Bertz CT molecular complexity index is 296. The largest absolute Gasteiger partial charge is 0.393 e. The molecule has 1 nitrogen and oxygen atoms in total. The van der Waals surface area contributed by atoms with Gasteiger partial charge in [-0.05, 0) is 68.6 Å². The predicted octanol–water partition coefficient (Wildman–Crippen LogP) is 3.57. The molecule has 7 atom stereocenters. The van der Waals surface area contributed by atoms with E-state index in [0.29, 0.717) is 10.5 Å². The minimum absolute atomic E-state index is 0.0349. The summed E-state index contributed by atoms with van der Waals surface area (Å²) in [6.07, 6.45) is 9.91. The van der Waals surface area contributed by atoms with Gasteiger partial charge in [0.25, 0.3) is 0 Å². The van der Waals surface area contributed by atoms with Crippen molar-refractivity contribution in [3.05, 3.63) is 0 Å². The van der Waals surface area contributed by atoms with Gasteiger partial charge >= 0.3 is 0 Å². The molecule has 0 aromatic heterocycles. The molecule has 0 spiro atoms. The van der Waals surface area contributed by atoms with Crippen LogP contribution >= 0.6 is 25.3 Å². The summed E-state index contributed by atoms with van der Waals surface area (Å²) >= 11 is 9.49. The number of rotatable bonds is 2. The predicted molar refractivity (Wildman–Crippen MR) is 82.5 cm³/mol. The minimum Gasteiger partial charge on any atom is -0.393 e. The summed E-state index contributed by atoms with van der Waals surface area (Å²) in [4.78, 5) is 0. The van der Waals surface area contributed by atoms with Crippen LogP contribution in [0, 0.1) is 23.7 Å². The molecule has 0 saturated heterocycles. The molecule has 3 aliphatic rings. The van der Waals surface area contributed by atoms with Crippen LogP contribution in [0.4, 0.5) is 0 Å². The van der Waals surface area contributed by atoms with Gasteiger partial charge in [-0.2, -0.15) is 25.3 Å². The van der Waals surface area contributed by atoms with E-state index in [2.05, 4.69) is 12.6 Å². The highest BCUT2D eigenvalue weighted by Crippen LogP contribution is 2.51. The molecule has 3 fully saturated rings. The monoisotopic (exact) mass is 286 g/mol. The standard InChI is InChI=1S/C15H26OS2/c16-11-3-1-2-9(6-11)12-5-4-10(7-14(12)17)13-8-15(13)18/h9-18H,1-8H2. The van der Waals surface area contributed by atoms with E-state index >= 15 is 0 Å². The SMILES string of the molecule is OC1CCCC(C2CCC(C3CC3S)CC2S)C1. The zero-order valence-electron chi connectivity index (χ0n) is 11.0. The van der Waals surface area contributed by atoms with Gasteiger partial charge in [0.15, 0.2) is 0 Å². The highest BCUT2D eigenvalue weighted by molar-refractivity contribution is 7.81. The Morgan fingerprint density at radius 3 is 2.06 bits per heavy atom. The minimum atomic E-state index is -0.0349. The second kappa shape index (κ2) is 5.57. The average Bonchev–Trinajstić information content (AvgIpc) is 3.06. The molecule has 0 aliphatic heterocycles. The maximum atomic E-state index is 9.85. The van der Waals surface area contributed by atoms with Gasteiger partial charge in [0, 0.05) is 10.5 Å². The lowest BCUT2D eigenvalue weighted by Gasteiger charge is -2.41. The molecular weight excluding hydrogens is 260 g/mol. The molecule has 3 rings (SSSR count). The summed E-state index contributed by atoms with van der Waals surface area (Å²) < 4.78 is 0. The molecule has 18 heavy (non-hydrogen) atoms. The first-order valence-electron chi connectivity index (χ1n) is 7.69. The van der Waals surface area contributed by atoms with Gasteiger partial charge in [-0.1, -0.05) is 6.42 Å². The molecule has 3 saturated carbocycles. The van der Waals surface area contributed by atoms with Crippen molar-refractivity contribution in [2.45, 2.75) is 68.0 Å². The van der Waals surface area contributed by atoms with Crippen molar-refractivity contribution in [3.8, 4) is 0 Å². The Morgan fingerprint density at radius 2 is 1.44 bits per heavy atom. The van der Waals surface area contributed by atoms with Crippen LogP contribution in [0.5, 0.6) is 0 Å². The molecule has 0 amide bonds. The first kappa shape index (κ1) is 13.6. The third-order valence-corrected chi connectivity index (χ3v) is 6.80. The van der Waals surface area contributed by atoms with Gasteiger partial charge in [-0.15, -0.1) is 0 Å². The van der Waals surface area contributed by atoms with Gasteiger partial charge in [0.1, 0.15) is 0 Å². The van der Waals surface area contributed by atoms with Gasteiger partial charge in [0.05, 0.1) is 6.10 Å². The van der Waals surface area contributed by atoms with Crippen LogP contribution in [0.15, 0.2) is 0 Å². The van der Waals surface area contributed by atoms with E-state index in [4.69, 9.17) is 12.6 Å². The quantitative estimate of drug-likeness (QED) is 0.663. The zero-order valence-corrected chi connectivity index (χ0v) is 12.8. The van der Waals surface area contributed by atoms with Crippen LogP contribution in [0.1, 0.15) is 51.4 Å². The lowest BCUT2D eigenvalue weighted by molar-refractivity contribution is 0.0658. The number of aliphatic hydroxyl groups is 1. The first-order valence-corrected chi connectivity index (χ1v) is 8.72. The topological polar surface area (TPSA) is 20.2 Å². The maximum Gasteiger partial charge on any atom is 0.0543 e. The molecule has 0 radical (unpaired) electrons. The number of hydrogen-bond acceptors (Lipinski definition) is 3. The van der Waals surface area contributed by atoms with Crippen LogP contribution < -0.4 is 0 Å². The van der Waals surface area contributed by atoms with E-state index in [0.717, 1.165) is 36.5 Å². The van der Waals surface area contributed by atoms with Crippen molar-refractivity contribution in [1.82, 2.24) is 0 Å². The Labute approximate surface area is 122 Å². The lowest BCUT2D eigenvalue weighted by Crippen LogP contribution is -2.35. The summed E-state index contributed by atoms with van der Waals surface area (Å²) in [6.45, 7) is 0. The Kier molecular flexibility index (Phi) is 4.22. The summed E-state index contributed by atoms with van der Waals surface area (Å²) in [5.41, 5.74) is 0. The van der Waals surface area contributed by atoms with Gasteiger partial charge in [-0.3, -0.25) is 0 Å². The second-order valence-electron chi connectivity index (χ2n) is 6.85. The molecule has 7 unspecified atom stereocenters. The highest BCUT2D eigenvalue weighted by atomic mass is 32.1. The summed E-state index contributed by atoms with van der Waals surface area (Å²) in [5.74, 6) is 3.28. The molecule has 0 heterocycles. The third kappa shape index (κ3) is 2.88. The van der Waals surface area contributed by atoms with Crippen LogP contribution in [-0.4, -0.2) is 21.7 Å². The Hall–Kier alpha value is 0.660. The summed E-state index contributed by atoms with van der Waals surface area (Å²) in [6, 6.07) is 0. The maximum absolute atomic E-state index is 9.85. The zero-order chi connectivity index (χ0) is 12.7. The molecular formula is C15H26OS2. The van der Waals surface area contributed by atoms with Crippen molar-refractivity contribution in [2.24, 2.45) is 23.7 Å². The molecule has 3 heteroatoms. The fourth-order valence-electron chi connectivity index (χ4n) is 4.44. The lowest BCUT2D eigenvalue weighted by atomic mass is 9.69.